The van der Waals surface area contributed by atoms with Crippen LogP contribution < -0.4 is 5.73 Å². The Morgan fingerprint density at radius 3 is 2.67 bits per heavy atom. The molecule has 1 aliphatic rings. The predicted molar refractivity (Wildman–Crippen MR) is 57.7 cm³/mol. The largest absolute Gasteiger partial charge is 0.396 e. The van der Waals surface area contributed by atoms with Crippen LogP contribution in [0.25, 0.3) is 0 Å². The van der Waals surface area contributed by atoms with Crippen LogP contribution in [0.3, 0.4) is 0 Å². The molecule has 3 N–H and O–H groups in total. The van der Waals surface area contributed by atoms with E-state index in [9.17, 15) is 9.50 Å². The summed E-state index contributed by atoms with van der Waals surface area (Å²) in [7, 11) is 0. The molecule has 0 aromatic heterocycles. The third kappa shape index (κ3) is 1.97. The molecule has 3 heteroatoms. The van der Waals surface area contributed by atoms with Gasteiger partial charge in [-0.15, -0.1) is 0 Å². The fourth-order valence-electron chi connectivity index (χ4n) is 2.34. The van der Waals surface area contributed by atoms with E-state index in [1.54, 1.807) is 12.1 Å². The molecular formula is C12H16FNO. The highest BCUT2D eigenvalue weighted by atomic mass is 19.1. The van der Waals surface area contributed by atoms with E-state index in [4.69, 9.17) is 5.73 Å². The molecule has 0 heterocycles. The molecule has 0 bridgehead atoms. The van der Waals surface area contributed by atoms with E-state index in [0.29, 0.717) is 5.56 Å². The molecule has 2 nitrogen and oxygen atoms in total. The predicted octanol–water partition coefficient (Wildman–Crippen LogP) is 2.63. The molecule has 1 atom stereocenters. The van der Waals surface area contributed by atoms with Gasteiger partial charge in [0.1, 0.15) is 5.82 Å². The lowest BCUT2D eigenvalue weighted by molar-refractivity contribution is 0.112. The number of hydrogen-bond acceptors (Lipinski definition) is 2. The van der Waals surface area contributed by atoms with Gasteiger partial charge in [-0.3, -0.25) is 0 Å². The van der Waals surface area contributed by atoms with Crippen molar-refractivity contribution in [1.82, 2.24) is 0 Å². The summed E-state index contributed by atoms with van der Waals surface area (Å²) in [5.41, 5.74) is 6.25. The second kappa shape index (κ2) is 4.19. The zero-order valence-corrected chi connectivity index (χ0v) is 8.62. The highest BCUT2D eigenvalue weighted by Gasteiger charge is 2.26. The van der Waals surface area contributed by atoms with Crippen LogP contribution in [-0.4, -0.2) is 5.11 Å². The number of nitrogens with two attached hydrogens (primary N) is 1. The molecule has 1 unspecified atom stereocenters. The van der Waals surface area contributed by atoms with Crippen molar-refractivity contribution < 1.29 is 9.50 Å². The quantitative estimate of drug-likeness (QED) is 0.735. The summed E-state index contributed by atoms with van der Waals surface area (Å²) in [5, 5.41) is 10.1. The Labute approximate surface area is 88.9 Å². The maximum absolute atomic E-state index is 13.2. The molecule has 0 saturated heterocycles. The number of aliphatic hydroxyl groups excluding tert-OH is 1. The number of para-hydroxylation sites is 1. The van der Waals surface area contributed by atoms with Crippen LogP contribution in [0.1, 0.15) is 37.4 Å². The van der Waals surface area contributed by atoms with Crippen LogP contribution >= 0.6 is 0 Å². The zero-order valence-electron chi connectivity index (χ0n) is 8.62. The summed E-state index contributed by atoms with van der Waals surface area (Å²) in [6.45, 7) is 0. The van der Waals surface area contributed by atoms with E-state index < -0.39 is 11.9 Å². The number of benzene rings is 1. The van der Waals surface area contributed by atoms with Crippen LogP contribution in [0.15, 0.2) is 18.2 Å². The Morgan fingerprint density at radius 2 is 2.00 bits per heavy atom. The number of hydrogen-bond donors (Lipinski definition) is 2. The van der Waals surface area contributed by atoms with Gasteiger partial charge in [-0.1, -0.05) is 25.0 Å². The van der Waals surface area contributed by atoms with Gasteiger partial charge in [-0.25, -0.2) is 4.39 Å². The van der Waals surface area contributed by atoms with Gasteiger partial charge in [0.05, 0.1) is 11.8 Å². The highest BCUT2D eigenvalue weighted by Crippen LogP contribution is 2.37. The minimum absolute atomic E-state index is 0.0944. The zero-order chi connectivity index (χ0) is 10.8. The Bertz CT molecular complexity index is 347. The topological polar surface area (TPSA) is 46.2 Å². The van der Waals surface area contributed by atoms with Gasteiger partial charge in [-0.05, 0) is 24.8 Å². The van der Waals surface area contributed by atoms with Crippen molar-refractivity contribution in [3.8, 4) is 0 Å². The minimum Gasteiger partial charge on any atom is -0.396 e. The molecular weight excluding hydrogens is 193 g/mol. The standard InChI is InChI=1S/C12H16FNO/c13-10-7-3-6-9(11(10)14)12(15)8-4-1-2-5-8/h3,6-8,12,15H,1-2,4-5,14H2. The average molecular weight is 209 g/mol. The maximum Gasteiger partial charge on any atom is 0.146 e. The first-order chi connectivity index (χ1) is 7.20. The second-order valence-corrected chi connectivity index (χ2v) is 4.23. The molecule has 0 radical (unpaired) electrons. The summed E-state index contributed by atoms with van der Waals surface area (Å²) in [5.74, 6) is -0.196. The Hall–Kier alpha value is -1.09. The number of halogens is 1. The molecule has 1 aromatic rings. The Morgan fingerprint density at radius 1 is 1.33 bits per heavy atom. The van der Waals surface area contributed by atoms with Gasteiger partial charge in [0, 0.05) is 5.56 Å². The Balaban J connectivity index is 2.24. The third-order valence-electron chi connectivity index (χ3n) is 3.25. The first-order valence-electron chi connectivity index (χ1n) is 5.42. The second-order valence-electron chi connectivity index (χ2n) is 4.23. The van der Waals surface area contributed by atoms with Crippen molar-refractivity contribution in [2.24, 2.45) is 5.92 Å². The molecule has 1 aliphatic carbocycles. The minimum atomic E-state index is -0.608. The van der Waals surface area contributed by atoms with E-state index in [1.165, 1.54) is 6.07 Å². The lowest BCUT2D eigenvalue weighted by Crippen LogP contribution is -2.11. The van der Waals surface area contributed by atoms with E-state index in [2.05, 4.69) is 0 Å². The normalized spacial score (nSPS) is 19.3. The molecule has 0 amide bonds. The van der Waals surface area contributed by atoms with E-state index in [1.807, 2.05) is 0 Å². The van der Waals surface area contributed by atoms with Crippen molar-refractivity contribution in [3.63, 3.8) is 0 Å². The summed E-state index contributed by atoms with van der Waals surface area (Å²) in [6.07, 6.45) is 3.71. The molecule has 1 aromatic carbocycles. The van der Waals surface area contributed by atoms with Gasteiger partial charge in [0.15, 0.2) is 0 Å². The van der Waals surface area contributed by atoms with Crippen molar-refractivity contribution in [3.05, 3.63) is 29.6 Å². The van der Waals surface area contributed by atoms with Crippen LogP contribution in [0.4, 0.5) is 10.1 Å². The van der Waals surface area contributed by atoms with Crippen molar-refractivity contribution in [2.45, 2.75) is 31.8 Å². The maximum atomic E-state index is 13.2. The van der Waals surface area contributed by atoms with Crippen LogP contribution in [0.5, 0.6) is 0 Å². The average Bonchev–Trinajstić information content (AvgIpc) is 2.74. The highest BCUT2D eigenvalue weighted by molar-refractivity contribution is 5.49. The van der Waals surface area contributed by atoms with Gasteiger partial charge >= 0.3 is 0 Å². The lowest BCUT2D eigenvalue weighted by atomic mass is 9.93. The van der Waals surface area contributed by atoms with Crippen molar-refractivity contribution >= 4 is 5.69 Å². The summed E-state index contributed by atoms with van der Waals surface area (Å²) < 4.78 is 13.2. The van der Waals surface area contributed by atoms with Crippen molar-refractivity contribution in [1.29, 1.82) is 0 Å². The van der Waals surface area contributed by atoms with E-state index in [0.717, 1.165) is 25.7 Å². The molecule has 1 fully saturated rings. The van der Waals surface area contributed by atoms with Gasteiger partial charge < -0.3 is 10.8 Å². The van der Waals surface area contributed by atoms with Gasteiger partial charge in [-0.2, -0.15) is 0 Å². The first-order valence-corrected chi connectivity index (χ1v) is 5.42. The smallest absolute Gasteiger partial charge is 0.146 e. The van der Waals surface area contributed by atoms with E-state index >= 15 is 0 Å². The van der Waals surface area contributed by atoms with Gasteiger partial charge in [0.25, 0.3) is 0 Å². The SMILES string of the molecule is Nc1c(F)cccc1C(O)C1CCCC1. The summed E-state index contributed by atoms with van der Waals surface area (Å²) in [6, 6.07) is 4.63. The fraction of sp³-hybridized carbons (Fsp3) is 0.500. The number of nitrogen functional groups attached to an aromatic ring is 1. The van der Waals surface area contributed by atoms with Gasteiger partial charge in [0.2, 0.25) is 0 Å². The molecule has 82 valence electrons. The molecule has 1 saturated carbocycles. The Kier molecular flexibility index (Phi) is 2.91. The molecule has 2 rings (SSSR count). The fourth-order valence-corrected chi connectivity index (χ4v) is 2.34. The number of rotatable bonds is 2. The van der Waals surface area contributed by atoms with Crippen LogP contribution in [0, 0.1) is 11.7 Å². The molecule has 15 heavy (non-hydrogen) atoms. The number of aliphatic hydroxyl groups is 1. The molecule has 0 spiro atoms. The van der Waals surface area contributed by atoms with Crippen LogP contribution in [-0.2, 0) is 0 Å². The number of anilines is 1. The first kappa shape index (κ1) is 10.4. The summed E-state index contributed by atoms with van der Waals surface area (Å²) in [4.78, 5) is 0. The monoisotopic (exact) mass is 209 g/mol. The summed E-state index contributed by atoms with van der Waals surface area (Å²) >= 11 is 0. The lowest BCUT2D eigenvalue weighted by Gasteiger charge is -2.19. The van der Waals surface area contributed by atoms with Crippen LogP contribution in [0.2, 0.25) is 0 Å². The third-order valence-corrected chi connectivity index (χ3v) is 3.25. The molecule has 0 aliphatic heterocycles. The van der Waals surface area contributed by atoms with Crippen molar-refractivity contribution in [2.75, 3.05) is 5.73 Å². The van der Waals surface area contributed by atoms with E-state index in [-0.39, 0.29) is 11.6 Å².